The first-order valence-electron chi connectivity index (χ1n) is 8.92. The first-order chi connectivity index (χ1) is 12.5. The Bertz CT molecular complexity index is 735. The van der Waals surface area contributed by atoms with Gasteiger partial charge in [0.2, 0.25) is 5.91 Å². The first-order valence-corrected chi connectivity index (χ1v) is 8.92. The molecule has 146 valence electrons. The van der Waals surface area contributed by atoms with Crippen molar-refractivity contribution in [2.24, 2.45) is 0 Å². The van der Waals surface area contributed by atoms with Crippen molar-refractivity contribution >= 4 is 17.8 Å². The average Bonchev–Trinajstić information content (AvgIpc) is 2.59. The Labute approximate surface area is 160 Å². The summed E-state index contributed by atoms with van der Waals surface area (Å²) in [6.07, 6.45) is 1.74. The molecule has 1 saturated heterocycles. The van der Waals surface area contributed by atoms with Crippen molar-refractivity contribution < 1.29 is 19.1 Å². The van der Waals surface area contributed by atoms with Gasteiger partial charge in [0.25, 0.3) is 5.91 Å². The molecule has 27 heavy (non-hydrogen) atoms. The number of rotatable bonds is 4. The van der Waals surface area contributed by atoms with Crippen molar-refractivity contribution in [3.63, 3.8) is 0 Å². The van der Waals surface area contributed by atoms with E-state index in [-0.39, 0.29) is 24.7 Å². The van der Waals surface area contributed by atoms with E-state index in [0.717, 1.165) is 0 Å². The Morgan fingerprint density at radius 2 is 1.59 bits per heavy atom. The third-order valence-electron chi connectivity index (χ3n) is 5.04. The molecule has 1 aromatic rings. The van der Waals surface area contributed by atoms with E-state index in [2.05, 4.69) is 11.9 Å². The van der Waals surface area contributed by atoms with E-state index in [9.17, 15) is 14.4 Å². The molecule has 2 amide bonds. The maximum absolute atomic E-state index is 12.8. The van der Waals surface area contributed by atoms with Crippen LogP contribution in [0.2, 0.25) is 0 Å². The van der Waals surface area contributed by atoms with E-state index in [0.29, 0.717) is 5.56 Å². The fourth-order valence-electron chi connectivity index (χ4n) is 4.56. The zero-order valence-corrected chi connectivity index (χ0v) is 16.7. The number of hydrogen-bond donors (Lipinski definition) is 1. The zero-order valence-electron chi connectivity index (χ0n) is 16.7. The van der Waals surface area contributed by atoms with Crippen LogP contribution in [0, 0.1) is 0 Å². The fraction of sp³-hybridized carbons (Fsp3) is 0.476. The Hall–Kier alpha value is -2.63. The van der Waals surface area contributed by atoms with Crippen LogP contribution in [0.1, 0.15) is 50.9 Å². The lowest BCUT2D eigenvalue weighted by molar-refractivity contribution is -0.165. The number of hydrogen-bond acceptors (Lipinski definition) is 4. The number of amides is 2. The summed E-state index contributed by atoms with van der Waals surface area (Å²) in [6, 6.07) is 8.72. The number of likely N-dealkylation sites (tertiary alicyclic amines) is 1. The van der Waals surface area contributed by atoms with Gasteiger partial charge < -0.3 is 15.0 Å². The predicted octanol–water partition coefficient (Wildman–Crippen LogP) is 2.69. The van der Waals surface area contributed by atoms with E-state index in [1.807, 2.05) is 33.8 Å². The largest absolute Gasteiger partial charge is 0.467 e. The number of carbonyl (C=O) groups excluding carboxylic acids is 3. The van der Waals surface area contributed by atoms with Crippen LogP contribution in [-0.4, -0.2) is 46.4 Å². The molecular weight excluding hydrogens is 344 g/mol. The highest BCUT2D eigenvalue weighted by molar-refractivity contribution is 5.98. The van der Waals surface area contributed by atoms with Gasteiger partial charge in [-0.3, -0.25) is 9.59 Å². The molecule has 6 heteroatoms. The van der Waals surface area contributed by atoms with Crippen LogP contribution < -0.4 is 5.32 Å². The van der Waals surface area contributed by atoms with Gasteiger partial charge in [0.05, 0.1) is 7.11 Å². The second-order valence-corrected chi connectivity index (χ2v) is 8.25. The lowest BCUT2D eigenvalue weighted by Gasteiger charge is -2.58. The van der Waals surface area contributed by atoms with Crippen LogP contribution in [0.3, 0.4) is 0 Å². The number of esters is 1. The number of nitrogens with one attached hydrogen (secondary N) is 1. The molecule has 1 fully saturated rings. The lowest BCUT2D eigenvalue weighted by Crippen LogP contribution is -2.72. The van der Waals surface area contributed by atoms with Crippen molar-refractivity contribution in [2.75, 3.05) is 7.11 Å². The van der Waals surface area contributed by atoms with Gasteiger partial charge in [-0.25, -0.2) is 4.79 Å². The SMILES string of the molecule is C=CC(=O)N1C(C)(C)CC(NC(=O)c2ccccc2)(C(=O)OC)CC1(C)C. The second-order valence-electron chi connectivity index (χ2n) is 8.25. The number of piperidine rings is 1. The fourth-order valence-corrected chi connectivity index (χ4v) is 4.56. The standard InChI is InChI=1S/C21H28N2O4/c1-7-16(24)23-19(2,3)13-21(18(26)27-6,14-20(23,4)5)22-17(25)15-11-9-8-10-12-15/h7-12H,1,13-14H2,2-6H3,(H,22,25). The highest BCUT2D eigenvalue weighted by atomic mass is 16.5. The third-order valence-corrected chi connectivity index (χ3v) is 5.04. The van der Waals surface area contributed by atoms with Gasteiger partial charge in [0.15, 0.2) is 0 Å². The summed E-state index contributed by atoms with van der Waals surface area (Å²) in [5, 5.41) is 2.91. The first kappa shape index (κ1) is 20.7. The van der Waals surface area contributed by atoms with E-state index < -0.39 is 22.6 Å². The van der Waals surface area contributed by atoms with Gasteiger partial charge >= 0.3 is 5.97 Å². The minimum Gasteiger partial charge on any atom is -0.467 e. The molecule has 1 aromatic carbocycles. The molecule has 1 N–H and O–H groups in total. The van der Waals surface area contributed by atoms with Gasteiger partial charge in [-0.1, -0.05) is 24.8 Å². The number of methoxy groups -OCH3 is 1. The molecule has 0 spiro atoms. The topological polar surface area (TPSA) is 75.7 Å². The number of carbonyl (C=O) groups is 3. The zero-order chi connectivity index (χ0) is 20.5. The summed E-state index contributed by atoms with van der Waals surface area (Å²) >= 11 is 0. The summed E-state index contributed by atoms with van der Waals surface area (Å²) in [6.45, 7) is 11.1. The minimum absolute atomic E-state index is 0.210. The van der Waals surface area contributed by atoms with Crippen molar-refractivity contribution in [3.8, 4) is 0 Å². The Kier molecular flexibility index (Phi) is 5.50. The maximum Gasteiger partial charge on any atom is 0.331 e. The molecule has 0 unspecified atom stereocenters. The Balaban J connectivity index is 2.47. The highest BCUT2D eigenvalue weighted by Crippen LogP contribution is 2.44. The van der Waals surface area contributed by atoms with Crippen LogP contribution in [0.15, 0.2) is 43.0 Å². The minimum atomic E-state index is -1.24. The molecule has 2 rings (SSSR count). The van der Waals surface area contributed by atoms with Crippen LogP contribution in [0.4, 0.5) is 0 Å². The van der Waals surface area contributed by atoms with Crippen molar-refractivity contribution in [1.82, 2.24) is 10.2 Å². The quantitative estimate of drug-likeness (QED) is 0.651. The van der Waals surface area contributed by atoms with Gasteiger partial charge in [-0.2, -0.15) is 0 Å². The molecule has 1 heterocycles. The summed E-state index contributed by atoms with van der Waals surface area (Å²) < 4.78 is 5.06. The molecule has 0 bridgehead atoms. The molecule has 0 aromatic heterocycles. The van der Waals surface area contributed by atoms with Gasteiger partial charge in [-0.15, -0.1) is 0 Å². The van der Waals surface area contributed by atoms with Crippen molar-refractivity contribution in [2.45, 2.75) is 57.2 Å². The number of ether oxygens (including phenoxy) is 1. The normalized spacial score (nSPS) is 19.7. The van der Waals surface area contributed by atoms with Crippen LogP contribution >= 0.6 is 0 Å². The van der Waals surface area contributed by atoms with Crippen molar-refractivity contribution in [3.05, 3.63) is 48.6 Å². The Morgan fingerprint density at radius 1 is 1.07 bits per heavy atom. The van der Waals surface area contributed by atoms with E-state index in [4.69, 9.17) is 4.74 Å². The smallest absolute Gasteiger partial charge is 0.331 e. The molecule has 0 atom stereocenters. The number of benzene rings is 1. The predicted molar refractivity (Wildman–Crippen MR) is 103 cm³/mol. The molecular formula is C21H28N2O4. The van der Waals surface area contributed by atoms with Gasteiger partial charge in [-0.05, 0) is 45.9 Å². The van der Waals surface area contributed by atoms with Crippen LogP contribution in [0.25, 0.3) is 0 Å². The van der Waals surface area contributed by atoms with Gasteiger partial charge in [0.1, 0.15) is 5.54 Å². The Morgan fingerprint density at radius 3 is 2.04 bits per heavy atom. The average molecular weight is 372 g/mol. The van der Waals surface area contributed by atoms with Crippen molar-refractivity contribution in [1.29, 1.82) is 0 Å². The van der Waals surface area contributed by atoms with Gasteiger partial charge in [0, 0.05) is 29.5 Å². The molecule has 0 aliphatic carbocycles. The lowest BCUT2D eigenvalue weighted by atomic mass is 9.68. The highest BCUT2D eigenvalue weighted by Gasteiger charge is 2.58. The molecule has 1 aliphatic heterocycles. The van der Waals surface area contributed by atoms with E-state index >= 15 is 0 Å². The monoisotopic (exact) mass is 372 g/mol. The molecule has 0 radical (unpaired) electrons. The molecule has 0 saturated carbocycles. The van der Waals surface area contributed by atoms with E-state index in [1.165, 1.54) is 13.2 Å². The molecule has 6 nitrogen and oxygen atoms in total. The second kappa shape index (κ2) is 7.18. The third kappa shape index (κ3) is 3.89. The number of nitrogens with zero attached hydrogens (tertiary/aromatic N) is 1. The maximum atomic E-state index is 12.8. The van der Waals surface area contributed by atoms with Crippen LogP contribution in [0.5, 0.6) is 0 Å². The molecule has 1 aliphatic rings. The van der Waals surface area contributed by atoms with Crippen LogP contribution in [-0.2, 0) is 14.3 Å². The summed E-state index contributed by atoms with van der Waals surface area (Å²) in [5.41, 5.74) is -2.19. The van der Waals surface area contributed by atoms with E-state index in [1.54, 1.807) is 29.2 Å². The summed E-state index contributed by atoms with van der Waals surface area (Å²) in [7, 11) is 1.31. The summed E-state index contributed by atoms with van der Waals surface area (Å²) in [4.78, 5) is 39.9. The summed E-state index contributed by atoms with van der Waals surface area (Å²) in [5.74, 6) is -1.08.